The van der Waals surface area contributed by atoms with E-state index in [4.69, 9.17) is 0 Å². The molecule has 114 valence electrons. The quantitative estimate of drug-likeness (QED) is 0.703. The fourth-order valence-electron chi connectivity index (χ4n) is 2.96. The third kappa shape index (κ3) is 3.70. The van der Waals surface area contributed by atoms with E-state index < -0.39 is 0 Å². The Morgan fingerprint density at radius 1 is 1.20 bits per heavy atom. The van der Waals surface area contributed by atoms with E-state index in [1.807, 2.05) is 11.8 Å². The Bertz CT molecular complexity index is 353. The zero-order valence-electron chi connectivity index (χ0n) is 12.5. The van der Waals surface area contributed by atoms with Gasteiger partial charge in [-0.2, -0.15) is 0 Å². The van der Waals surface area contributed by atoms with Gasteiger partial charge in [-0.3, -0.25) is 14.5 Å². The van der Waals surface area contributed by atoms with Crippen molar-refractivity contribution in [3.8, 4) is 0 Å². The van der Waals surface area contributed by atoms with Gasteiger partial charge in [-0.1, -0.05) is 6.92 Å². The molecule has 2 aliphatic heterocycles. The molecule has 6 heteroatoms. The molecule has 2 fully saturated rings. The first-order valence-corrected chi connectivity index (χ1v) is 7.60. The van der Waals surface area contributed by atoms with Crippen LogP contribution in [0.5, 0.6) is 0 Å². The summed E-state index contributed by atoms with van der Waals surface area (Å²) in [6, 6.07) is 0. The highest BCUT2D eigenvalue weighted by molar-refractivity contribution is 5.80. The summed E-state index contributed by atoms with van der Waals surface area (Å²) in [5, 5.41) is 6.09. The minimum absolute atomic E-state index is 0.0703. The Balaban J connectivity index is 1.76. The number of carbonyl (C=O) groups excluding carboxylic acids is 2. The lowest BCUT2D eigenvalue weighted by Crippen LogP contribution is -2.52. The van der Waals surface area contributed by atoms with Crippen LogP contribution in [0.1, 0.15) is 13.8 Å². The monoisotopic (exact) mass is 282 g/mol. The van der Waals surface area contributed by atoms with E-state index in [1.165, 1.54) is 0 Å². The van der Waals surface area contributed by atoms with E-state index in [0.717, 1.165) is 39.3 Å². The van der Waals surface area contributed by atoms with Crippen LogP contribution in [0.15, 0.2) is 0 Å². The molecule has 0 aromatic carbocycles. The van der Waals surface area contributed by atoms with Crippen molar-refractivity contribution in [2.45, 2.75) is 13.8 Å². The van der Waals surface area contributed by atoms with Crippen LogP contribution in [-0.4, -0.2) is 74.0 Å². The van der Waals surface area contributed by atoms with Crippen LogP contribution < -0.4 is 10.6 Å². The van der Waals surface area contributed by atoms with E-state index in [0.29, 0.717) is 19.0 Å². The van der Waals surface area contributed by atoms with E-state index in [9.17, 15) is 9.59 Å². The lowest BCUT2D eigenvalue weighted by Gasteiger charge is -2.36. The number of amides is 2. The van der Waals surface area contributed by atoms with Crippen LogP contribution in [0.4, 0.5) is 0 Å². The van der Waals surface area contributed by atoms with Crippen LogP contribution in [0, 0.1) is 11.8 Å². The molecule has 0 unspecified atom stereocenters. The summed E-state index contributed by atoms with van der Waals surface area (Å²) in [7, 11) is 0. The molecule has 0 spiro atoms. The maximum Gasteiger partial charge on any atom is 0.234 e. The molecule has 2 atom stereocenters. The van der Waals surface area contributed by atoms with E-state index in [1.54, 1.807) is 0 Å². The van der Waals surface area contributed by atoms with Crippen molar-refractivity contribution in [3.63, 3.8) is 0 Å². The molecule has 6 nitrogen and oxygen atoms in total. The number of hydrogen-bond acceptors (Lipinski definition) is 4. The smallest absolute Gasteiger partial charge is 0.234 e. The summed E-state index contributed by atoms with van der Waals surface area (Å²) < 4.78 is 0. The largest absolute Gasteiger partial charge is 0.355 e. The summed E-state index contributed by atoms with van der Waals surface area (Å²) in [4.78, 5) is 28.0. The minimum atomic E-state index is 0.0703. The number of rotatable bonds is 4. The van der Waals surface area contributed by atoms with Gasteiger partial charge in [0.15, 0.2) is 0 Å². The summed E-state index contributed by atoms with van der Waals surface area (Å²) in [5.74, 6) is 0.904. The van der Waals surface area contributed by atoms with Crippen LogP contribution in [0.2, 0.25) is 0 Å². The number of likely N-dealkylation sites (N-methyl/N-ethyl adjacent to an activating group) is 1. The van der Waals surface area contributed by atoms with Gasteiger partial charge in [0.05, 0.1) is 12.5 Å². The summed E-state index contributed by atoms with van der Waals surface area (Å²) in [5.41, 5.74) is 0. The van der Waals surface area contributed by atoms with Gasteiger partial charge >= 0.3 is 0 Å². The van der Waals surface area contributed by atoms with Crippen molar-refractivity contribution >= 4 is 11.8 Å². The first-order chi connectivity index (χ1) is 9.61. The standard InChI is InChI=1S/C14H26N4O2/c1-3-16-13(19)10-17-4-6-18(7-5-17)14(20)12-9-15-8-11(12)2/h11-12,15H,3-10H2,1-2H3,(H,16,19)/t11-,12-/m1/s1. The van der Waals surface area contributed by atoms with Crippen molar-refractivity contribution in [1.29, 1.82) is 0 Å². The average molecular weight is 282 g/mol. The second-order valence-electron chi connectivity index (χ2n) is 5.80. The Hall–Kier alpha value is -1.14. The predicted octanol–water partition coefficient (Wildman–Crippen LogP) is -0.878. The summed E-state index contributed by atoms with van der Waals surface area (Å²) in [6.07, 6.45) is 0. The highest BCUT2D eigenvalue weighted by Crippen LogP contribution is 2.19. The van der Waals surface area contributed by atoms with E-state index >= 15 is 0 Å². The van der Waals surface area contributed by atoms with Crippen molar-refractivity contribution in [2.75, 3.05) is 52.4 Å². The predicted molar refractivity (Wildman–Crippen MR) is 77.2 cm³/mol. The van der Waals surface area contributed by atoms with Crippen LogP contribution in [-0.2, 0) is 9.59 Å². The molecule has 0 radical (unpaired) electrons. The van der Waals surface area contributed by atoms with Gasteiger partial charge in [-0.15, -0.1) is 0 Å². The van der Waals surface area contributed by atoms with Gasteiger partial charge in [-0.25, -0.2) is 0 Å². The lowest BCUT2D eigenvalue weighted by molar-refractivity contribution is -0.138. The molecule has 2 heterocycles. The van der Waals surface area contributed by atoms with E-state index in [-0.39, 0.29) is 17.7 Å². The number of nitrogens with zero attached hydrogens (tertiary/aromatic N) is 2. The topological polar surface area (TPSA) is 64.7 Å². The molecule has 2 N–H and O–H groups in total. The van der Waals surface area contributed by atoms with Crippen molar-refractivity contribution < 1.29 is 9.59 Å². The third-order valence-electron chi connectivity index (χ3n) is 4.26. The zero-order chi connectivity index (χ0) is 14.5. The second kappa shape index (κ2) is 7.04. The van der Waals surface area contributed by atoms with Gasteiger partial charge in [0.1, 0.15) is 0 Å². The van der Waals surface area contributed by atoms with Gasteiger partial charge < -0.3 is 15.5 Å². The molecule has 20 heavy (non-hydrogen) atoms. The van der Waals surface area contributed by atoms with E-state index in [2.05, 4.69) is 22.5 Å². The molecule has 2 saturated heterocycles. The maximum absolute atomic E-state index is 12.4. The Morgan fingerprint density at radius 2 is 1.90 bits per heavy atom. The Morgan fingerprint density at radius 3 is 2.45 bits per heavy atom. The highest BCUT2D eigenvalue weighted by Gasteiger charge is 2.34. The molecular formula is C14H26N4O2. The van der Waals surface area contributed by atoms with Gasteiger partial charge in [0, 0.05) is 39.3 Å². The number of carbonyl (C=O) groups is 2. The third-order valence-corrected chi connectivity index (χ3v) is 4.26. The first kappa shape index (κ1) is 15.3. The molecular weight excluding hydrogens is 256 g/mol. The molecule has 2 rings (SSSR count). The number of hydrogen-bond donors (Lipinski definition) is 2. The molecule has 0 aromatic rings. The molecule has 2 aliphatic rings. The Labute approximate surface area is 120 Å². The molecule has 0 bridgehead atoms. The zero-order valence-corrected chi connectivity index (χ0v) is 12.5. The van der Waals surface area contributed by atoms with Gasteiger partial charge in [-0.05, 0) is 19.4 Å². The highest BCUT2D eigenvalue weighted by atomic mass is 16.2. The number of piperazine rings is 1. The van der Waals surface area contributed by atoms with Gasteiger partial charge in [0.25, 0.3) is 0 Å². The second-order valence-corrected chi connectivity index (χ2v) is 5.80. The van der Waals surface area contributed by atoms with Crippen LogP contribution in [0.25, 0.3) is 0 Å². The SMILES string of the molecule is CCNC(=O)CN1CCN(C(=O)[C@@H]2CNC[C@H]2C)CC1. The number of nitrogens with one attached hydrogen (secondary N) is 2. The minimum Gasteiger partial charge on any atom is -0.355 e. The lowest BCUT2D eigenvalue weighted by atomic mass is 9.96. The van der Waals surface area contributed by atoms with Crippen molar-refractivity contribution in [1.82, 2.24) is 20.4 Å². The van der Waals surface area contributed by atoms with Crippen LogP contribution in [0.3, 0.4) is 0 Å². The fraction of sp³-hybridized carbons (Fsp3) is 0.857. The summed E-state index contributed by atoms with van der Waals surface area (Å²) >= 11 is 0. The first-order valence-electron chi connectivity index (χ1n) is 7.60. The Kier molecular flexibility index (Phi) is 5.37. The molecule has 0 aliphatic carbocycles. The normalized spacial score (nSPS) is 27.6. The molecule has 2 amide bonds. The maximum atomic E-state index is 12.4. The van der Waals surface area contributed by atoms with Crippen molar-refractivity contribution in [2.24, 2.45) is 11.8 Å². The molecule has 0 saturated carbocycles. The fourth-order valence-corrected chi connectivity index (χ4v) is 2.96. The average Bonchev–Trinajstić information content (AvgIpc) is 2.85. The van der Waals surface area contributed by atoms with Crippen LogP contribution >= 0.6 is 0 Å². The van der Waals surface area contributed by atoms with Crippen molar-refractivity contribution in [3.05, 3.63) is 0 Å². The van der Waals surface area contributed by atoms with Gasteiger partial charge in [0.2, 0.25) is 11.8 Å². The summed E-state index contributed by atoms with van der Waals surface area (Å²) in [6.45, 7) is 9.96. The molecule has 0 aromatic heterocycles.